The number of aryl methyl sites for hydroxylation is 1. The van der Waals surface area contributed by atoms with Gasteiger partial charge in [0.2, 0.25) is 5.95 Å². The van der Waals surface area contributed by atoms with Gasteiger partial charge in [0.05, 0.1) is 6.04 Å². The lowest BCUT2D eigenvalue weighted by atomic mass is 10.2. The summed E-state index contributed by atoms with van der Waals surface area (Å²) in [7, 11) is 2.08. The van der Waals surface area contributed by atoms with E-state index in [1.165, 1.54) is 0 Å². The summed E-state index contributed by atoms with van der Waals surface area (Å²) in [5.41, 5.74) is 7.03. The highest BCUT2D eigenvalue weighted by Gasteiger charge is 2.26. The zero-order valence-electron chi connectivity index (χ0n) is 10.8. The molecule has 0 aromatic carbocycles. The Kier molecular flexibility index (Phi) is 3.75. The van der Waals surface area contributed by atoms with E-state index in [4.69, 9.17) is 11.0 Å². The maximum atomic E-state index is 8.96. The summed E-state index contributed by atoms with van der Waals surface area (Å²) in [4.78, 5) is 13.0. The largest absolute Gasteiger partial charge is 0.334 e. The van der Waals surface area contributed by atoms with Crippen LogP contribution in [0, 0.1) is 18.3 Å². The van der Waals surface area contributed by atoms with Crippen molar-refractivity contribution in [1.29, 1.82) is 5.26 Å². The lowest BCUT2D eigenvalue weighted by Gasteiger charge is -2.39. The minimum atomic E-state index is 0.206. The summed E-state index contributed by atoms with van der Waals surface area (Å²) in [6.45, 7) is 5.13. The second kappa shape index (κ2) is 5.29. The van der Waals surface area contributed by atoms with Gasteiger partial charge in [0.15, 0.2) is 0 Å². The monoisotopic (exact) mass is 246 g/mol. The predicted octanol–water partition coefficient (Wildman–Crippen LogP) is -0.264. The minimum absolute atomic E-state index is 0.206. The first kappa shape index (κ1) is 12.7. The van der Waals surface area contributed by atoms with Crippen molar-refractivity contribution in [3.05, 3.63) is 17.5 Å². The zero-order chi connectivity index (χ0) is 13.1. The Labute approximate surface area is 107 Å². The lowest BCUT2D eigenvalue weighted by Crippen LogP contribution is -2.55. The number of piperazine rings is 1. The topological polar surface area (TPSA) is 82.1 Å². The summed E-state index contributed by atoms with van der Waals surface area (Å²) in [5.74, 6) is 0.620. The van der Waals surface area contributed by atoms with Crippen LogP contribution in [0.1, 0.15) is 11.4 Å². The highest BCUT2D eigenvalue weighted by molar-refractivity contribution is 5.38. The van der Waals surface area contributed by atoms with Crippen LogP contribution in [0.3, 0.4) is 0 Å². The van der Waals surface area contributed by atoms with Gasteiger partial charge in [-0.2, -0.15) is 5.26 Å². The third-order valence-corrected chi connectivity index (χ3v) is 3.17. The van der Waals surface area contributed by atoms with Gasteiger partial charge >= 0.3 is 0 Å². The fraction of sp³-hybridized carbons (Fsp3) is 0.583. The molecule has 2 rings (SSSR count). The van der Waals surface area contributed by atoms with Gasteiger partial charge in [-0.05, 0) is 20.0 Å². The highest BCUT2D eigenvalue weighted by Crippen LogP contribution is 2.16. The van der Waals surface area contributed by atoms with Crippen molar-refractivity contribution < 1.29 is 0 Å². The molecule has 1 aliphatic heterocycles. The van der Waals surface area contributed by atoms with E-state index in [1.807, 2.05) is 6.92 Å². The van der Waals surface area contributed by atoms with Gasteiger partial charge < -0.3 is 15.5 Å². The lowest BCUT2D eigenvalue weighted by molar-refractivity contribution is 0.267. The number of nitrogens with zero attached hydrogens (tertiary/aromatic N) is 5. The highest BCUT2D eigenvalue weighted by atomic mass is 15.3. The molecule has 1 aromatic rings. The number of rotatable bonds is 2. The first-order valence-electron chi connectivity index (χ1n) is 6.05. The number of nitrogens with two attached hydrogens (primary N) is 1. The van der Waals surface area contributed by atoms with E-state index in [9.17, 15) is 0 Å². The molecule has 2 N–H and O–H groups in total. The number of likely N-dealkylation sites (N-methyl/N-ethyl adjacent to an activating group) is 1. The Bertz CT molecular complexity index is 466. The molecular formula is C12H18N6. The Morgan fingerprint density at radius 1 is 1.50 bits per heavy atom. The molecule has 1 fully saturated rings. The van der Waals surface area contributed by atoms with Crippen molar-refractivity contribution >= 4 is 5.95 Å². The van der Waals surface area contributed by atoms with E-state index in [2.05, 4.69) is 32.9 Å². The third-order valence-electron chi connectivity index (χ3n) is 3.17. The van der Waals surface area contributed by atoms with Crippen LogP contribution in [0.2, 0.25) is 0 Å². The smallest absolute Gasteiger partial charge is 0.227 e. The molecule has 0 bridgehead atoms. The predicted molar refractivity (Wildman–Crippen MR) is 69.2 cm³/mol. The van der Waals surface area contributed by atoms with E-state index in [0.29, 0.717) is 18.2 Å². The van der Waals surface area contributed by atoms with Crippen LogP contribution in [0.4, 0.5) is 5.95 Å². The van der Waals surface area contributed by atoms with Gasteiger partial charge in [-0.3, -0.25) is 0 Å². The number of hydrogen-bond donors (Lipinski definition) is 1. The normalized spacial score (nSPS) is 20.8. The molecule has 2 heterocycles. The van der Waals surface area contributed by atoms with E-state index in [0.717, 1.165) is 25.3 Å². The maximum Gasteiger partial charge on any atom is 0.227 e. The van der Waals surface area contributed by atoms with E-state index < -0.39 is 0 Å². The third kappa shape index (κ3) is 2.58. The number of hydrogen-bond acceptors (Lipinski definition) is 6. The fourth-order valence-corrected chi connectivity index (χ4v) is 2.21. The maximum absolute atomic E-state index is 8.96. The molecular weight excluding hydrogens is 228 g/mol. The van der Waals surface area contributed by atoms with Crippen LogP contribution in [0.5, 0.6) is 0 Å². The van der Waals surface area contributed by atoms with Crippen LogP contribution in [-0.2, 0) is 0 Å². The van der Waals surface area contributed by atoms with Gasteiger partial charge in [0.1, 0.15) is 11.8 Å². The molecule has 0 radical (unpaired) electrons. The quantitative estimate of drug-likeness (QED) is 0.774. The van der Waals surface area contributed by atoms with Crippen LogP contribution in [0.15, 0.2) is 6.07 Å². The molecule has 1 aliphatic rings. The molecule has 0 amide bonds. The molecule has 0 spiro atoms. The van der Waals surface area contributed by atoms with E-state index in [-0.39, 0.29) is 6.04 Å². The van der Waals surface area contributed by atoms with Gasteiger partial charge in [0, 0.05) is 31.9 Å². The number of anilines is 1. The van der Waals surface area contributed by atoms with Crippen molar-refractivity contribution in [2.24, 2.45) is 5.73 Å². The summed E-state index contributed by atoms with van der Waals surface area (Å²) in [5, 5.41) is 8.96. The Hall–Kier alpha value is -1.71. The van der Waals surface area contributed by atoms with Crippen LogP contribution < -0.4 is 10.6 Å². The first-order chi connectivity index (χ1) is 8.63. The van der Waals surface area contributed by atoms with Gasteiger partial charge in [-0.25, -0.2) is 9.97 Å². The SMILES string of the molecule is Cc1cc(C#N)nc(N2CCN(C)CC2CN)n1. The van der Waals surface area contributed by atoms with Crippen molar-refractivity contribution in [2.75, 3.05) is 38.1 Å². The molecule has 18 heavy (non-hydrogen) atoms. The second-order valence-corrected chi connectivity index (χ2v) is 4.65. The summed E-state index contributed by atoms with van der Waals surface area (Å²) >= 11 is 0. The van der Waals surface area contributed by atoms with Crippen LogP contribution in [-0.4, -0.2) is 54.1 Å². The average molecular weight is 246 g/mol. The standard InChI is InChI=1S/C12H18N6/c1-9-5-10(6-13)16-12(15-9)18-4-3-17(2)8-11(18)7-14/h5,11H,3-4,7-8,14H2,1-2H3. The van der Waals surface area contributed by atoms with Crippen molar-refractivity contribution in [3.8, 4) is 6.07 Å². The fourth-order valence-electron chi connectivity index (χ4n) is 2.21. The van der Waals surface area contributed by atoms with Crippen molar-refractivity contribution in [2.45, 2.75) is 13.0 Å². The number of aromatic nitrogens is 2. The number of nitriles is 1. The summed E-state index contributed by atoms with van der Waals surface area (Å²) < 4.78 is 0. The summed E-state index contributed by atoms with van der Waals surface area (Å²) in [6, 6.07) is 3.97. The van der Waals surface area contributed by atoms with Gasteiger partial charge in [-0.1, -0.05) is 0 Å². The molecule has 1 aromatic heterocycles. The van der Waals surface area contributed by atoms with E-state index in [1.54, 1.807) is 6.07 Å². The van der Waals surface area contributed by atoms with Crippen molar-refractivity contribution in [1.82, 2.24) is 14.9 Å². The molecule has 96 valence electrons. The molecule has 6 heteroatoms. The molecule has 1 unspecified atom stereocenters. The molecule has 6 nitrogen and oxygen atoms in total. The summed E-state index contributed by atoms with van der Waals surface area (Å²) in [6.07, 6.45) is 0. The first-order valence-corrected chi connectivity index (χ1v) is 6.05. The van der Waals surface area contributed by atoms with Crippen LogP contribution in [0.25, 0.3) is 0 Å². The Morgan fingerprint density at radius 2 is 2.28 bits per heavy atom. The Balaban J connectivity index is 2.30. The van der Waals surface area contributed by atoms with Gasteiger partial charge in [0.25, 0.3) is 0 Å². The van der Waals surface area contributed by atoms with Crippen LogP contribution >= 0.6 is 0 Å². The zero-order valence-corrected chi connectivity index (χ0v) is 10.8. The molecule has 0 aliphatic carbocycles. The Morgan fingerprint density at radius 3 is 2.94 bits per heavy atom. The molecule has 1 saturated heterocycles. The van der Waals surface area contributed by atoms with Gasteiger partial charge in [-0.15, -0.1) is 0 Å². The molecule has 1 atom stereocenters. The molecule has 0 saturated carbocycles. The second-order valence-electron chi connectivity index (χ2n) is 4.65. The average Bonchev–Trinajstić information content (AvgIpc) is 2.37. The van der Waals surface area contributed by atoms with E-state index >= 15 is 0 Å². The van der Waals surface area contributed by atoms with Crippen molar-refractivity contribution in [3.63, 3.8) is 0 Å². The minimum Gasteiger partial charge on any atom is -0.334 e.